The Morgan fingerprint density at radius 1 is 1.36 bits per heavy atom. The highest BCUT2D eigenvalue weighted by Crippen LogP contribution is 2.04. The number of hydrogen-bond acceptors (Lipinski definition) is 2. The zero-order chi connectivity index (χ0) is 10.1. The van der Waals surface area contributed by atoms with E-state index >= 15 is 0 Å². The summed E-state index contributed by atoms with van der Waals surface area (Å²) < 4.78 is 0.877. The van der Waals surface area contributed by atoms with Crippen molar-refractivity contribution in [3.8, 4) is 0 Å². The molecule has 0 saturated carbocycles. The van der Waals surface area contributed by atoms with Gasteiger partial charge in [-0.2, -0.15) is 0 Å². The van der Waals surface area contributed by atoms with Gasteiger partial charge >= 0.3 is 0 Å². The van der Waals surface area contributed by atoms with Crippen molar-refractivity contribution in [3.05, 3.63) is 38.8 Å². The summed E-state index contributed by atoms with van der Waals surface area (Å²) in [6.07, 6.45) is 1.49. The van der Waals surface area contributed by atoms with E-state index < -0.39 is 5.91 Å². The van der Waals surface area contributed by atoms with Crippen LogP contribution < -0.4 is 10.6 Å². The molecule has 14 heavy (non-hydrogen) atoms. The molecule has 4 heteroatoms. The van der Waals surface area contributed by atoms with E-state index in [0.717, 1.165) is 9.69 Å². The number of benzene rings is 1. The second-order valence-corrected chi connectivity index (χ2v) is 3.70. The number of carbonyl (C=O) groups excluding carboxylic acids is 2. The van der Waals surface area contributed by atoms with E-state index in [1.807, 2.05) is 0 Å². The number of halogens is 1. The quantitative estimate of drug-likeness (QED) is 0.486. The van der Waals surface area contributed by atoms with E-state index in [1.165, 1.54) is 6.08 Å². The zero-order valence-corrected chi connectivity index (χ0v) is 8.54. The topological polar surface area (TPSA) is 46.5 Å². The lowest BCUT2D eigenvalue weighted by atomic mass is 10.1. The lowest BCUT2D eigenvalue weighted by molar-refractivity contribution is -0.114. The van der Waals surface area contributed by atoms with Crippen LogP contribution in [-0.2, 0) is 9.59 Å². The van der Waals surface area contributed by atoms with Gasteiger partial charge in [0.15, 0.2) is 0 Å². The molecule has 1 aromatic carbocycles. The Hall–Kier alpha value is -1.51. The summed E-state index contributed by atoms with van der Waals surface area (Å²) in [5.41, 5.74) is -0.0319. The molecule has 1 aromatic rings. The second-order valence-electron chi connectivity index (χ2n) is 2.78. The van der Waals surface area contributed by atoms with Gasteiger partial charge in [-0.15, -0.1) is 0 Å². The minimum Gasteiger partial charge on any atom is -0.266 e. The summed E-state index contributed by atoms with van der Waals surface area (Å²) in [7, 11) is 0. The number of nitrogens with zero attached hydrogens (tertiary/aromatic N) is 1. The molecule has 1 amide bonds. The minimum atomic E-state index is -0.533. The number of hydrogen-bond donors (Lipinski definition) is 0. The molecule has 0 radical (unpaired) electrons. The Balaban J connectivity index is 2.87. The van der Waals surface area contributed by atoms with Crippen molar-refractivity contribution in [1.82, 2.24) is 0 Å². The fraction of sp³-hybridized carbons (Fsp3) is 0. The van der Waals surface area contributed by atoms with Crippen LogP contribution >= 0.6 is 15.9 Å². The monoisotopic (exact) mass is 249 g/mol. The van der Waals surface area contributed by atoms with Crippen LogP contribution in [0.4, 0.5) is 0 Å². The summed E-state index contributed by atoms with van der Waals surface area (Å²) >= 11 is 3.29. The molecule has 0 atom stereocenters. The summed E-state index contributed by atoms with van der Waals surface area (Å²) in [4.78, 5) is 25.3. The largest absolute Gasteiger partial charge is 0.288 e. The summed E-state index contributed by atoms with van der Waals surface area (Å²) in [6.45, 7) is 0. The molecule has 0 saturated heterocycles. The third-order valence-electron chi connectivity index (χ3n) is 1.85. The van der Waals surface area contributed by atoms with Crippen molar-refractivity contribution in [3.63, 3.8) is 0 Å². The first-order chi connectivity index (χ1) is 6.70. The third-order valence-corrected chi connectivity index (χ3v) is 2.35. The predicted octanol–water partition coefficient (Wildman–Crippen LogP) is 0.147. The molecule has 0 aliphatic carbocycles. The smallest absolute Gasteiger partial charge is 0.266 e. The molecular formula is C10H4BrNO2. The molecule has 3 nitrogen and oxygen atoms in total. The highest BCUT2D eigenvalue weighted by molar-refractivity contribution is 9.10. The Bertz CT molecular complexity index is 583. The van der Waals surface area contributed by atoms with Gasteiger partial charge in [-0.05, 0) is 24.3 Å². The lowest BCUT2D eigenvalue weighted by Gasteiger charge is -1.99. The van der Waals surface area contributed by atoms with Gasteiger partial charge in [0.2, 0.25) is 0 Å². The Kier molecular flexibility index (Phi) is 2.15. The highest BCUT2D eigenvalue weighted by atomic mass is 79.9. The van der Waals surface area contributed by atoms with Gasteiger partial charge in [-0.25, -0.2) is 9.79 Å². The third kappa shape index (κ3) is 1.45. The molecule has 68 valence electrons. The maximum atomic E-state index is 11.2. The van der Waals surface area contributed by atoms with Gasteiger partial charge in [-0.3, -0.25) is 4.79 Å². The van der Waals surface area contributed by atoms with Crippen LogP contribution in [0.25, 0.3) is 6.08 Å². The fourth-order valence-corrected chi connectivity index (χ4v) is 1.58. The van der Waals surface area contributed by atoms with Gasteiger partial charge in [0.05, 0.1) is 5.36 Å². The molecule has 0 bridgehead atoms. The first kappa shape index (κ1) is 9.06. The average molecular weight is 250 g/mol. The minimum absolute atomic E-state index is 0.0319. The zero-order valence-electron chi connectivity index (χ0n) is 6.95. The highest BCUT2D eigenvalue weighted by Gasteiger charge is 2.10. The maximum Gasteiger partial charge on any atom is 0.288 e. The van der Waals surface area contributed by atoms with Gasteiger partial charge in [-0.1, -0.05) is 15.9 Å². The summed E-state index contributed by atoms with van der Waals surface area (Å²) in [6, 6.07) is 5.30. The normalized spacial score (nSPS) is 13.8. The Labute approximate surface area is 87.6 Å². The van der Waals surface area contributed by atoms with E-state index in [9.17, 15) is 9.59 Å². The summed E-state index contributed by atoms with van der Waals surface area (Å²) in [5.74, 6) is 1.03. The van der Waals surface area contributed by atoms with Crippen LogP contribution in [0.15, 0.2) is 33.2 Å². The SMILES string of the molecule is O=C=C1C=c2cc(Br)ccc2=NC1=O. The average Bonchev–Trinajstić information content (AvgIpc) is 2.17. The molecule has 1 aliphatic heterocycles. The molecule has 2 rings (SSSR count). The number of rotatable bonds is 0. The van der Waals surface area contributed by atoms with E-state index in [0.29, 0.717) is 5.36 Å². The Morgan fingerprint density at radius 3 is 2.86 bits per heavy atom. The lowest BCUT2D eigenvalue weighted by Crippen LogP contribution is -2.30. The van der Waals surface area contributed by atoms with E-state index in [4.69, 9.17) is 0 Å². The molecule has 0 N–H and O–H groups in total. The number of amides is 1. The van der Waals surface area contributed by atoms with Crippen molar-refractivity contribution >= 4 is 33.9 Å². The van der Waals surface area contributed by atoms with E-state index in [1.54, 1.807) is 24.1 Å². The van der Waals surface area contributed by atoms with Crippen LogP contribution in [0.1, 0.15) is 0 Å². The first-order valence-electron chi connectivity index (χ1n) is 3.86. The van der Waals surface area contributed by atoms with Crippen molar-refractivity contribution in [2.75, 3.05) is 0 Å². The molecule has 0 aromatic heterocycles. The van der Waals surface area contributed by atoms with Gasteiger partial charge in [0, 0.05) is 9.69 Å². The maximum absolute atomic E-state index is 11.2. The number of carbonyl (C=O) groups is 1. The molecule has 0 fully saturated rings. The van der Waals surface area contributed by atoms with Crippen LogP contribution in [-0.4, -0.2) is 11.8 Å². The standard InChI is InChI=1S/C10H4BrNO2/c11-8-1-2-9-6(4-8)3-7(5-13)10(14)12-9/h1-4H. The number of fused-ring (bicyclic) bond motifs is 1. The Morgan fingerprint density at radius 2 is 2.14 bits per heavy atom. The van der Waals surface area contributed by atoms with Crippen molar-refractivity contribution in [1.29, 1.82) is 0 Å². The van der Waals surface area contributed by atoms with Crippen molar-refractivity contribution in [2.24, 2.45) is 4.99 Å². The van der Waals surface area contributed by atoms with Crippen LogP contribution in [0, 0.1) is 0 Å². The molecule has 1 heterocycles. The first-order valence-corrected chi connectivity index (χ1v) is 4.65. The van der Waals surface area contributed by atoms with Crippen molar-refractivity contribution in [2.45, 2.75) is 0 Å². The molecule has 0 spiro atoms. The van der Waals surface area contributed by atoms with Crippen LogP contribution in [0.5, 0.6) is 0 Å². The van der Waals surface area contributed by atoms with Crippen LogP contribution in [0.2, 0.25) is 0 Å². The molecular weight excluding hydrogens is 246 g/mol. The predicted molar refractivity (Wildman–Crippen MR) is 53.6 cm³/mol. The molecule has 1 aliphatic rings. The van der Waals surface area contributed by atoms with Gasteiger partial charge < -0.3 is 0 Å². The van der Waals surface area contributed by atoms with Gasteiger partial charge in [0.25, 0.3) is 5.91 Å². The fourth-order valence-electron chi connectivity index (χ4n) is 1.20. The summed E-state index contributed by atoms with van der Waals surface area (Å²) in [5, 5.41) is 1.33. The van der Waals surface area contributed by atoms with E-state index in [2.05, 4.69) is 20.9 Å². The second kappa shape index (κ2) is 3.33. The van der Waals surface area contributed by atoms with Crippen LogP contribution in [0.3, 0.4) is 0 Å². The van der Waals surface area contributed by atoms with Gasteiger partial charge in [0.1, 0.15) is 11.5 Å². The molecule has 0 unspecified atom stereocenters. The van der Waals surface area contributed by atoms with Crippen molar-refractivity contribution < 1.29 is 9.59 Å². The van der Waals surface area contributed by atoms with E-state index in [-0.39, 0.29) is 5.57 Å².